The van der Waals surface area contributed by atoms with E-state index in [0.29, 0.717) is 17.8 Å². The smallest absolute Gasteiger partial charge is 0.358 e. The first kappa shape index (κ1) is 31.8. The highest BCUT2D eigenvalue weighted by Gasteiger charge is 2.41. The molecule has 1 heterocycles. The number of rotatable bonds is 9. The summed E-state index contributed by atoms with van der Waals surface area (Å²) in [7, 11) is 0. The fraction of sp³-hybridized carbons (Fsp3) is 0.400. The molecule has 1 unspecified atom stereocenters. The summed E-state index contributed by atoms with van der Waals surface area (Å²) >= 11 is 5.63. The molecule has 0 saturated heterocycles. The molecule has 0 fully saturated rings. The average molecular weight is 585 g/mol. The number of nitrogens with two attached hydrogens (primary N) is 1. The zero-order valence-corrected chi connectivity index (χ0v) is 24.6. The SMILES string of the molecule is CC(C)(C)NC(=S)N(Cc1ccccc1C(F)(F)F)C(N)C(C)(C)C(=O)Cc1cncn1Cc1ccc(C#N)cc1. The first-order chi connectivity index (χ1) is 19.0. The van der Waals surface area contributed by atoms with Crippen molar-refractivity contribution in [2.24, 2.45) is 11.1 Å². The van der Waals surface area contributed by atoms with Crippen LogP contribution in [0.1, 0.15) is 62.6 Å². The number of hydrogen-bond acceptors (Lipinski definition) is 5. The van der Waals surface area contributed by atoms with Gasteiger partial charge in [-0.15, -0.1) is 0 Å². The Morgan fingerprint density at radius 3 is 2.34 bits per heavy atom. The molecule has 0 saturated carbocycles. The number of ketones is 1. The number of alkyl halides is 3. The standard InChI is InChI=1S/C30H35F3N6OS/c1-28(2,3)37-27(41)39(18-22-8-6-7-9-24(22)30(31,32)33)26(35)29(4,5)25(40)14-23-16-36-19-38(23)17-21-12-10-20(15-34)11-13-21/h6-13,16,19,26H,14,17-18,35H2,1-5H3,(H,37,41). The van der Waals surface area contributed by atoms with Crippen LogP contribution in [0.25, 0.3) is 0 Å². The number of imidazole rings is 1. The Morgan fingerprint density at radius 1 is 1.12 bits per heavy atom. The Bertz CT molecular complexity index is 1420. The lowest BCUT2D eigenvalue weighted by Gasteiger charge is -2.42. The molecule has 7 nitrogen and oxygen atoms in total. The van der Waals surface area contributed by atoms with Crippen LogP contribution in [-0.2, 0) is 30.5 Å². The number of aromatic nitrogens is 2. The van der Waals surface area contributed by atoms with E-state index in [1.165, 1.54) is 23.1 Å². The molecule has 0 bridgehead atoms. The van der Waals surface area contributed by atoms with Crippen LogP contribution in [0.2, 0.25) is 0 Å². The number of carbonyl (C=O) groups excluding carboxylic acids is 1. The molecule has 0 aliphatic carbocycles. The topological polar surface area (TPSA) is 100.0 Å². The van der Waals surface area contributed by atoms with E-state index in [1.807, 2.05) is 37.5 Å². The number of nitrogens with zero attached hydrogens (tertiary/aromatic N) is 4. The van der Waals surface area contributed by atoms with E-state index < -0.39 is 28.9 Å². The van der Waals surface area contributed by atoms with E-state index in [0.717, 1.165) is 11.6 Å². The van der Waals surface area contributed by atoms with Crippen molar-refractivity contribution >= 4 is 23.1 Å². The van der Waals surface area contributed by atoms with E-state index >= 15 is 0 Å². The summed E-state index contributed by atoms with van der Waals surface area (Å²) in [4.78, 5) is 19.4. The van der Waals surface area contributed by atoms with Crippen molar-refractivity contribution < 1.29 is 18.0 Å². The van der Waals surface area contributed by atoms with Crippen molar-refractivity contribution in [1.82, 2.24) is 19.8 Å². The third kappa shape index (κ3) is 8.15. The Balaban J connectivity index is 1.88. The first-order valence-electron chi connectivity index (χ1n) is 13.0. The monoisotopic (exact) mass is 584 g/mol. The highest BCUT2D eigenvalue weighted by Crippen LogP contribution is 2.34. The fourth-order valence-electron chi connectivity index (χ4n) is 4.27. The zero-order chi connectivity index (χ0) is 30.6. The van der Waals surface area contributed by atoms with Crippen LogP contribution < -0.4 is 11.1 Å². The van der Waals surface area contributed by atoms with Gasteiger partial charge in [0.2, 0.25) is 0 Å². The first-order valence-corrected chi connectivity index (χ1v) is 13.4. The molecular weight excluding hydrogens is 549 g/mol. The molecule has 0 spiro atoms. The minimum absolute atomic E-state index is 0.00255. The number of hydrogen-bond donors (Lipinski definition) is 2. The molecule has 1 aromatic heterocycles. The fourth-order valence-corrected chi connectivity index (χ4v) is 4.76. The Labute approximate surface area is 244 Å². The molecular formula is C30H35F3N6OS. The maximum atomic E-state index is 13.8. The number of thiocarbonyl (C=S) groups is 1. The van der Waals surface area contributed by atoms with Gasteiger partial charge in [-0.1, -0.05) is 30.3 Å². The largest absolute Gasteiger partial charge is 0.416 e. The van der Waals surface area contributed by atoms with Gasteiger partial charge in [0.25, 0.3) is 0 Å². The number of nitrogens with one attached hydrogen (secondary N) is 1. The summed E-state index contributed by atoms with van der Waals surface area (Å²) in [5.41, 5.74) is 6.33. The van der Waals surface area contributed by atoms with E-state index in [9.17, 15) is 18.0 Å². The number of halogens is 3. The second kappa shape index (κ2) is 12.4. The van der Waals surface area contributed by atoms with Crippen molar-refractivity contribution in [3.8, 4) is 6.07 Å². The van der Waals surface area contributed by atoms with Gasteiger partial charge in [0, 0.05) is 36.9 Å². The molecule has 0 aliphatic heterocycles. The van der Waals surface area contributed by atoms with Crippen LogP contribution in [0.5, 0.6) is 0 Å². The van der Waals surface area contributed by atoms with E-state index in [1.54, 1.807) is 38.5 Å². The summed E-state index contributed by atoms with van der Waals surface area (Å²) in [5, 5.41) is 12.3. The molecule has 0 radical (unpaired) electrons. The molecule has 0 amide bonds. The van der Waals surface area contributed by atoms with E-state index in [4.69, 9.17) is 23.2 Å². The Hall–Kier alpha value is -3.75. The van der Waals surface area contributed by atoms with Gasteiger partial charge in [-0.3, -0.25) is 4.79 Å². The van der Waals surface area contributed by atoms with E-state index in [-0.39, 0.29) is 29.4 Å². The lowest BCUT2D eigenvalue weighted by Crippen LogP contribution is -2.60. The highest BCUT2D eigenvalue weighted by atomic mass is 32.1. The van der Waals surface area contributed by atoms with Crippen molar-refractivity contribution in [2.75, 3.05) is 0 Å². The third-order valence-electron chi connectivity index (χ3n) is 6.78. The Kier molecular flexibility index (Phi) is 9.62. The maximum absolute atomic E-state index is 13.8. The second-order valence-electron chi connectivity index (χ2n) is 11.6. The van der Waals surface area contributed by atoms with Gasteiger partial charge in [-0.25, -0.2) is 4.98 Å². The molecule has 2 aromatic carbocycles. The second-order valence-corrected chi connectivity index (χ2v) is 11.9. The lowest BCUT2D eigenvalue weighted by molar-refractivity contribution is -0.138. The van der Waals surface area contributed by atoms with Crippen molar-refractivity contribution in [2.45, 2.75) is 72.0 Å². The van der Waals surface area contributed by atoms with Crippen LogP contribution in [0.3, 0.4) is 0 Å². The van der Waals surface area contributed by atoms with Crippen molar-refractivity contribution in [1.29, 1.82) is 5.26 Å². The van der Waals surface area contributed by atoms with Crippen LogP contribution in [0.15, 0.2) is 61.1 Å². The molecule has 11 heteroatoms. The van der Waals surface area contributed by atoms with Crippen LogP contribution in [0, 0.1) is 16.7 Å². The third-order valence-corrected chi connectivity index (χ3v) is 7.11. The summed E-state index contributed by atoms with van der Waals surface area (Å²) in [5.74, 6) is -0.223. The molecule has 0 aliphatic rings. The molecule has 41 heavy (non-hydrogen) atoms. The van der Waals surface area contributed by atoms with E-state index in [2.05, 4.69) is 16.4 Å². The predicted molar refractivity (Wildman–Crippen MR) is 155 cm³/mol. The number of nitriles is 1. The van der Waals surface area contributed by atoms with Gasteiger partial charge in [0.15, 0.2) is 5.11 Å². The molecule has 218 valence electrons. The maximum Gasteiger partial charge on any atom is 0.416 e. The van der Waals surface area contributed by atoms with Gasteiger partial charge < -0.3 is 20.5 Å². The molecule has 3 rings (SSSR count). The molecule has 1 atom stereocenters. The van der Waals surface area contributed by atoms with Crippen LogP contribution in [-0.4, -0.2) is 37.1 Å². The quantitative estimate of drug-likeness (QED) is 0.256. The molecule has 3 N–H and O–H groups in total. The minimum atomic E-state index is -4.57. The minimum Gasteiger partial charge on any atom is -0.358 e. The predicted octanol–water partition coefficient (Wildman–Crippen LogP) is 5.42. The Morgan fingerprint density at radius 2 is 1.76 bits per heavy atom. The highest BCUT2D eigenvalue weighted by molar-refractivity contribution is 7.80. The van der Waals surface area contributed by atoms with Crippen LogP contribution >= 0.6 is 12.2 Å². The van der Waals surface area contributed by atoms with Gasteiger partial charge >= 0.3 is 6.18 Å². The summed E-state index contributed by atoms with van der Waals surface area (Å²) in [6.45, 7) is 9.16. The normalized spacial score (nSPS) is 12.9. The zero-order valence-electron chi connectivity index (χ0n) is 23.8. The van der Waals surface area contributed by atoms with Gasteiger partial charge in [0.05, 0.1) is 35.1 Å². The lowest BCUT2D eigenvalue weighted by atomic mass is 9.81. The summed E-state index contributed by atoms with van der Waals surface area (Å²) < 4.78 is 43.2. The van der Waals surface area contributed by atoms with Crippen LogP contribution in [0.4, 0.5) is 13.2 Å². The van der Waals surface area contributed by atoms with Gasteiger partial charge in [-0.2, -0.15) is 18.4 Å². The van der Waals surface area contributed by atoms with Crippen molar-refractivity contribution in [3.63, 3.8) is 0 Å². The van der Waals surface area contributed by atoms with Crippen molar-refractivity contribution in [3.05, 3.63) is 89.0 Å². The summed E-state index contributed by atoms with van der Waals surface area (Å²) in [6.07, 6.45) is -2.38. The number of benzene rings is 2. The summed E-state index contributed by atoms with van der Waals surface area (Å²) in [6, 6.07) is 14.5. The average Bonchev–Trinajstić information content (AvgIpc) is 3.32. The van der Waals surface area contributed by atoms with Gasteiger partial charge in [0.1, 0.15) is 5.78 Å². The molecule has 3 aromatic rings. The number of Topliss-reactive ketones (excluding diaryl/α,β-unsaturated/α-hetero) is 1. The number of carbonyl (C=O) groups is 1. The van der Waals surface area contributed by atoms with Gasteiger partial charge in [-0.05, 0) is 76.2 Å².